The Morgan fingerprint density at radius 1 is 0.333 bits per heavy atom. The third kappa shape index (κ3) is 5.50. The van der Waals surface area contributed by atoms with Gasteiger partial charge in [-0.1, -0.05) is 48.5 Å². The van der Waals surface area contributed by atoms with Crippen LogP contribution in [0.4, 0.5) is 0 Å². The van der Waals surface area contributed by atoms with Crippen LogP contribution in [0.1, 0.15) is 41.4 Å². The molecule has 0 aliphatic carbocycles. The van der Waals surface area contributed by atoms with Gasteiger partial charge in [0, 0.05) is 0 Å². The molecular weight excluding hydrogens is 536 g/mol. The van der Waals surface area contributed by atoms with E-state index in [0.717, 1.165) is 0 Å². The van der Waals surface area contributed by atoms with Crippen LogP contribution in [0.3, 0.4) is 0 Å². The molecule has 0 fully saturated rings. The topological polar surface area (TPSA) is 149 Å². The Morgan fingerprint density at radius 3 is 0.738 bits per heavy atom. The molecule has 0 saturated heterocycles. The van der Waals surface area contributed by atoms with Crippen LogP contribution in [0.5, 0.6) is 0 Å². The van der Waals surface area contributed by atoms with Crippen molar-refractivity contribution in [3.63, 3.8) is 0 Å². The van der Waals surface area contributed by atoms with Crippen LogP contribution >= 0.6 is 0 Å². The van der Waals surface area contributed by atoms with E-state index >= 15 is 0 Å². The van der Waals surface area contributed by atoms with E-state index in [0.29, 0.717) is 44.5 Å². The van der Waals surface area contributed by atoms with Crippen LogP contribution in [0, 0.1) is 0 Å². The van der Waals surface area contributed by atoms with E-state index in [2.05, 4.69) is 0 Å². The molecule has 8 heteroatoms. The number of hydrogen-bond acceptors (Lipinski definition) is 4. The van der Waals surface area contributed by atoms with Crippen molar-refractivity contribution in [2.45, 2.75) is 0 Å². The molecule has 5 aromatic rings. The Kier molecular flexibility index (Phi) is 7.36. The Labute approximate surface area is 239 Å². The second-order valence-corrected chi connectivity index (χ2v) is 9.49. The SMILES string of the molecule is O=C(O)c1cccc(-c2cc(-c3cccc(C(=O)O)c3)c(-c3cccc(C(=O)O)c3)cc2-c2cccc(C(=O)O)c2)c1. The Balaban J connectivity index is 1.90. The van der Waals surface area contributed by atoms with E-state index in [9.17, 15) is 39.6 Å². The number of benzene rings is 5. The highest BCUT2D eigenvalue weighted by molar-refractivity contribution is 6.00. The second-order valence-electron chi connectivity index (χ2n) is 9.49. The molecule has 0 unspecified atom stereocenters. The minimum Gasteiger partial charge on any atom is -0.478 e. The fourth-order valence-corrected chi connectivity index (χ4v) is 4.83. The first kappa shape index (κ1) is 27.5. The van der Waals surface area contributed by atoms with Gasteiger partial charge in [0.15, 0.2) is 0 Å². The number of carbonyl (C=O) groups is 4. The first-order valence-corrected chi connectivity index (χ1v) is 12.7. The number of hydrogen-bond donors (Lipinski definition) is 4. The molecule has 5 aromatic carbocycles. The normalized spacial score (nSPS) is 10.7. The molecule has 0 aromatic heterocycles. The first-order valence-electron chi connectivity index (χ1n) is 12.7. The minimum atomic E-state index is -1.12. The standard InChI is InChI=1S/C34H22O8/c35-31(36)23-9-1-5-19(13-23)27-17-29(21-7-3-11-25(15-21)33(39)40)30(22-8-4-12-26(16-22)34(41)42)18-28(27)20-6-2-10-24(14-20)32(37)38/h1-18H,(H,35,36)(H,37,38)(H,39,40)(H,41,42). The maximum Gasteiger partial charge on any atom is 0.335 e. The Hall–Kier alpha value is -6.02. The summed E-state index contributed by atoms with van der Waals surface area (Å²) in [5, 5.41) is 38.6. The number of carboxylic acids is 4. The molecule has 206 valence electrons. The lowest BCUT2D eigenvalue weighted by Gasteiger charge is -2.19. The molecule has 8 nitrogen and oxygen atoms in total. The summed E-state index contributed by atoms with van der Waals surface area (Å²) in [6.07, 6.45) is 0. The van der Waals surface area contributed by atoms with E-state index in [4.69, 9.17) is 0 Å². The molecule has 0 spiro atoms. The van der Waals surface area contributed by atoms with Crippen molar-refractivity contribution in [1.29, 1.82) is 0 Å². The summed E-state index contributed by atoms with van der Waals surface area (Å²) in [5.74, 6) is -4.49. The van der Waals surface area contributed by atoms with Crippen molar-refractivity contribution in [1.82, 2.24) is 0 Å². The van der Waals surface area contributed by atoms with Crippen LogP contribution in [0.25, 0.3) is 44.5 Å². The molecule has 4 N–H and O–H groups in total. The summed E-state index contributed by atoms with van der Waals surface area (Å²) in [6.45, 7) is 0. The summed E-state index contributed by atoms with van der Waals surface area (Å²) in [4.78, 5) is 47.2. The maximum absolute atomic E-state index is 11.8. The van der Waals surface area contributed by atoms with Gasteiger partial charge in [0.1, 0.15) is 0 Å². The van der Waals surface area contributed by atoms with Gasteiger partial charge >= 0.3 is 23.9 Å². The molecule has 0 atom stereocenters. The zero-order valence-corrected chi connectivity index (χ0v) is 21.8. The zero-order valence-electron chi connectivity index (χ0n) is 21.8. The monoisotopic (exact) mass is 558 g/mol. The predicted molar refractivity (Wildman–Crippen MR) is 156 cm³/mol. The Morgan fingerprint density at radius 2 is 0.548 bits per heavy atom. The van der Waals surface area contributed by atoms with Crippen molar-refractivity contribution in [3.8, 4) is 44.5 Å². The molecule has 42 heavy (non-hydrogen) atoms. The van der Waals surface area contributed by atoms with Gasteiger partial charge in [-0.2, -0.15) is 0 Å². The smallest absolute Gasteiger partial charge is 0.335 e. The summed E-state index contributed by atoms with van der Waals surface area (Å²) < 4.78 is 0. The highest BCUT2D eigenvalue weighted by Gasteiger charge is 2.19. The summed E-state index contributed by atoms with van der Waals surface area (Å²) in [6, 6.07) is 28.8. The van der Waals surface area contributed by atoms with Gasteiger partial charge in [0.2, 0.25) is 0 Å². The van der Waals surface area contributed by atoms with Gasteiger partial charge in [0.25, 0.3) is 0 Å². The van der Waals surface area contributed by atoms with E-state index < -0.39 is 23.9 Å². The molecular formula is C34H22O8. The van der Waals surface area contributed by atoms with Crippen molar-refractivity contribution < 1.29 is 39.6 Å². The molecule has 0 aliphatic heterocycles. The van der Waals surface area contributed by atoms with Crippen LogP contribution in [0.15, 0.2) is 109 Å². The average molecular weight is 559 g/mol. The number of aromatic carboxylic acids is 4. The van der Waals surface area contributed by atoms with Crippen molar-refractivity contribution in [2.24, 2.45) is 0 Å². The van der Waals surface area contributed by atoms with E-state index in [1.807, 2.05) is 0 Å². The van der Waals surface area contributed by atoms with E-state index in [-0.39, 0.29) is 22.3 Å². The Bertz CT molecular complexity index is 1630. The average Bonchev–Trinajstić information content (AvgIpc) is 3.00. The minimum absolute atomic E-state index is 0.0467. The van der Waals surface area contributed by atoms with Crippen molar-refractivity contribution in [2.75, 3.05) is 0 Å². The van der Waals surface area contributed by atoms with Crippen LogP contribution in [-0.2, 0) is 0 Å². The lowest BCUT2D eigenvalue weighted by Crippen LogP contribution is -2.00. The van der Waals surface area contributed by atoms with Crippen molar-refractivity contribution in [3.05, 3.63) is 131 Å². The fraction of sp³-hybridized carbons (Fsp3) is 0. The molecule has 0 bridgehead atoms. The van der Waals surface area contributed by atoms with E-state index in [1.54, 1.807) is 60.7 Å². The van der Waals surface area contributed by atoms with Gasteiger partial charge in [-0.05, 0) is 105 Å². The number of carboxylic acid groups (broad SMARTS) is 4. The van der Waals surface area contributed by atoms with Crippen LogP contribution in [0.2, 0.25) is 0 Å². The maximum atomic E-state index is 11.8. The summed E-state index contributed by atoms with van der Waals surface area (Å²) in [7, 11) is 0. The van der Waals surface area contributed by atoms with Gasteiger partial charge in [-0.15, -0.1) is 0 Å². The predicted octanol–water partition coefficient (Wildman–Crippen LogP) is 7.15. The third-order valence-electron chi connectivity index (χ3n) is 6.84. The molecule has 0 heterocycles. The summed E-state index contributed by atoms with van der Waals surface area (Å²) in [5.41, 5.74) is 4.58. The third-order valence-corrected chi connectivity index (χ3v) is 6.84. The largest absolute Gasteiger partial charge is 0.478 e. The molecule has 5 rings (SSSR count). The first-order chi connectivity index (χ1) is 20.1. The second kappa shape index (κ2) is 11.2. The molecule has 0 saturated carbocycles. The zero-order chi connectivity index (χ0) is 30.0. The fourth-order valence-electron chi connectivity index (χ4n) is 4.83. The van der Waals surface area contributed by atoms with Crippen LogP contribution < -0.4 is 0 Å². The lowest BCUT2D eigenvalue weighted by atomic mass is 9.84. The van der Waals surface area contributed by atoms with Gasteiger partial charge in [-0.25, -0.2) is 19.2 Å². The lowest BCUT2D eigenvalue weighted by molar-refractivity contribution is 0.0686. The summed E-state index contributed by atoms with van der Waals surface area (Å²) >= 11 is 0. The quantitative estimate of drug-likeness (QED) is 0.157. The van der Waals surface area contributed by atoms with Crippen molar-refractivity contribution >= 4 is 23.9 Å². The highest BCUT2D eigenvalue weighted by Crippen LogP contribution is 2.43. The van der Waals surface area contributed by atoms with Gasteiger partial charge in [-0.3, -0.25) is 0 Å². The molecule has 0 aliphatic rings. The van der Waals surface area contributed by atoms with Gasteiger partial charge in [0.05, 0.1) is 22.3 Å². The molecule has 0 radical (unpaired) electrons. The van der Waals surface area contributed by atoms with Gasteiger partial charge < -0.3 is 20.4 Å². The number of rotatable bonds is 8. The molecule has 0 amide bonds. The van der Waals surface area contributed by atoms with E-state index in [1.165, 1.54) is 48.5 Å². The highest BCUT2D eigenvalue weighted by atomic mass is 16.4. The van der Waals surface area contributed by atoms with Crippen LogP contribution in [-0.4, -0.2) is 44.3 Å².